The third-order valence-corrected chi connectivity index (χ3v) is 3.34. The number of nitrogens with zero attached hydrogens (tertiary/aromatic N) is 1. The summed E-state index contributed by atoms with van der Waals surface area (Å²) in [4.78, 5) is 11.8. The zero-order valence-corrected chi connectivity index (χ0v) is 13.5. The highest BCUT2D eigenvalue weighted by Gasteiger charge is 2.07. The number of hydrogen-bond acceptors (Lipinski definition) is 4. The van der Waals surface area contributed by atoms with E-state index in [2.05, 4.69) is 10.5 Å². The molecular formula is C18H20N2O3. The number of aromatic hydroxyl groups is 1. The summed E-state index contributed by atoms with van der Waals surface area (Å²) in [6.07, 6.45) is 0. The summed E-state index contributed by atoms with van der Waals surface area (Å²) < 4.78 is 5.51. The molecule has 0 fully saturated rings. The van der Waals surface area contributed by atoms with Gasteiger partial charge in [0.25, 0.3) is 5.91 Å². The van der Waals surface area contributed by atoms with Crippen LogP contribution in [0.2, 0.25) is 0 Å². The summed E-state index contributed by atoms with van der Waals surface area (Å²) in [5, 5.41) is 13.7. The van der Waals surface area contributed by atoms with E-state index >= 15 is 0 Å². The van der Waals surface area contributed by atoms with E-state index < -0.39 is 0 Å². The molecule has 0 heterocycles. The normalized spacial score (nSPS) is 11.2. The van der Waals surface area contributed by atoms with Crippen LogP contribution in [0.25, 0.3) is 0 Å². The lowest BCUT2D eigenvalue weighted by Gasteiger charge is -2.09. The fourth-order valence-corrected chi connectivity index (χ4v) is 2.02. The third kappa shape index (κ3) is 4.57. The largest absolute Gasteiger partial charge is 0.507 e. The molecule has 1 amide bonds. The third-order valence-electron chi connectivity index (χ3n) is 3.34. The molecule has 0 radical (unpaired) electrons. The average Bonchev–Trinajstić information content (AvgIpc) is 2.54. The van der Waals surface area contributed by atoms with Crippen LogP contribution in [-0.4, -0.2) is 23.3 Å². The summed E-state index contributed by atoms with van der Waals surface area (Å²) in [7, 11) is 0. The van der Waals surface area contributed by atoms with Crippen molar-refractivity contribution in [3.05, 3.63) is 59.2 Å². The monoisotopic (exact) mass is 312 g/mol. The van der Waals surface area contributed by atoms with Crippen molar-refractivity contribution in [3.8, 4) is 11.5 Å². The Morgan fingerprint density at radius 3 is 2.70 bits per heavy atom. The van der Waals surface area contributed by atoms with Gasteiger partial charge in [0.1, 0.15) is 11.5 Å². The van der Waals surface area contributed by atoms with E-state index in [4.69, 9.17) is 4.74 Å². The fourth-order valence-electron chi connectivity index (χ4n) is 2.02. The molecular weight excluding hydrogens is 292 g/mol. The van der Waals surface area contributed by atoms with Gasteiger partial charge in [0, 0.05) is 5.56 Å². The van der Waals surface area contributed by atoms with Crippen molar-refractivity contribution in [1.82, 2.24) is 5.43 Å². The van der Waals surface area contributed by atoms with Crippen molar-refractivity contribution in [2.24, 2.45) is 5.10 Å². The molecule has 2 rings (SSSR count). The topological polar surface area (TPSA) is 70.9 Å². The number of hydrazone groups is 1. The van der Waals surface area contributed by atoms with Gasteiger partial charge in [-0.2, -0.15) is 5.10 Å². The smallest absolute Gasteiger partial charge is 0.277 e. The molecule has 0 spiro atoms. The van der Waals surface area contributed by atoms with Gasteiger partial charge in [0.05, 0.1) is 5.71 Å². The van der Waals surface area contributed by atoms with E-state index in [-0.39, 0.29) is 18.3 Å². The van der Waals surface area contributed by atoms with E-state index in [9.17, 15) is 9.90 Å². The molecule has 23 heavy (non-hydrogen) atoms. The van der Waals surface area contributed by atoms with Crippen molar-refractivity contribution in [2.75, 3.05) is 6.61 Å². The summed E-state index contributed by atoms with van der Waals surface area (Å²) in [5.74, 6) is 0.442. The molecule has 0 aliphatic heterocycles. The quantitative estimate of drug-likeness (QED) is 0.659. The van der Waals surface area contributed by atoms with Crippen molar-refractivity contribution in [1.29, 1.82) is 0 Å². The van der Waals surface area contributed by atoms with Crippen LogP contribution in [0.1, 0.15) is 23.6 Å². The Morgan fingerprint density at radius 1 is 1.22 bits per heavy atom. The number of nitrogens with one attached hydrogen (secondary N) is 1. The van der Waals surface area contributed by atoms with Crippen LogP contribution >= 0.6 is 0 Å². The molecule has 5 heteroatoms. The molecule has 0 saturated carbocycles. The lowest BCUT2D eigenvalue weighted by Crippen LogP contribution is -2.25. The Morgan fingerprint density at radius 2 is 1.96 bits per heavy atom. The Balaban J connectivity index is 1.94. The van der Waals surface area contributed by atoms with Crippen LogP contribution in [0.15, 0.2) is 47.6 Å². The van der Waals surface area contributed by atoms with Gasteiger partial charge in [0.15, 0.2) is 6.61 Å². The first kappa shape index (κ1) is 16.5. The molecule has 0 aliphatic rings. The molecule has 120 valence electrons. The number of carbonyl (C=O) groups excluding carboxylic acids is 1. The zero-order chi connectivity index (χ0) is 16.8. The number of para-hydroxylation sites is 1. The van der Waals surface area contributed by atoms with E-state index in [1.54, 1.807) is 31.2 Å². The van der Waals surface area contributed by atoms with Gasteiger partial charge in [-0.3, -0.25) is 4.79 Å². The summed E-state index contributed by atoms with van der Waals surface area (Å²) in [5.41, 5.74) is 5.55. The Bertz CT molecular complexity index is 739. The molecule has 2 aromatic rings. The summed E-state index contributed by atoms with van der Waals surface area (Å²) in [6.45, 7) is 5.47. The van der Waals surface area contributed by atoms with Crippen LogP contribution in [0, 0.1) is 13.8 Å². The van der Waals surface area contributed by atoms with E-state index in [1.165, 1.54) is 0 Å². The molecule has 0 unspecified atom stereocenters. The number of benzene rings is 2. The maximum Gasteiger partial charge on any atom is 0.277 e. The second kappa shape index (κ2) is 7.45. The maximum absolute atomic E-state index is 11.8. The lowest BCUT2D eigenvalue weighted by atomic mass is 10.1. The molecule has 2 N–H and O–H groups in total. The molecule has 0 atom stereocenters. The van der Waals surface area contributed by atoms with E-state index in [0.717, 1.165) is 11.1 Å². The number of rotatable bonds is 5. The average molecular weight is 312 g/mol. The molecule has 0 saturated heterocycles. The molecule has 2 aromatic carbocycles. The highest BCUT2D eigenvalue weighted by molar-refractivity contribution is 6.01. The van der Waals surface area contributed by atoms with Gasteiger partial charge < -0.3 is 9.84 Å². The van der Waals surface area contributed by atoms with Gasteiger partial charge in [-0.1, -0.05) is 24.3 Å². The second-order valence-electron chi connectivity index (χ2n) is 5.31. The van der Waals surface area contributed by atoms with Crippen LogP contribution in [-0.2, 0) is 4.79 Å². The first-order valence-electron chi connectivity index (χ1n) is 7.29. The van der Waals surface area contributed by atoms with Crippen LogP contribution in [0.5, 0.6) is 11.5 Å². The van der Waals surface area contributed by atoms with Crippen LogP contribution in [0.3, 0.4) is 0 Å². The number of amides is 1. The van der Waals surface area contributed by atoms with Crippen molar-refractivity contribution in [3.63, 3.8) is 0 Å². The lowest BCUT2D eigenvalue weighted by molar-refractivity contribution is -0.123. The minimum Gasteiger partial charge on any atom is -0.507 e. The first-order chi connectivity index (χ1) is 11.0. The summed E-state index contributed by atoms with van der Waals surface area (Å²) in [6, 6.07) is 12.6. The van der Waals surface area contributed by atoms with Gasteiger partial charge in [-0.25, -0.2) is 5.43 Å². The number of hydrogen-bond donors (Lipinski definition) is 2. The Hall–Kier alpha value is -2.82. The number of ether oxygens (including phenoxy) is 1. The number of carbonyl (C=O) groups is 1. The Labute approximate surface area is 135 Å². The minimum absolute atomic E-state index is 0.120. The molecule has 0 bridgehead atoms. The number of phenols is 1. The first-order valence-corrected chi connectivity index (χ1v) is 7.29. The molecule has 0 aliphatic carbocycles. The number of phenolic OH excluding ortho intramolecular Hbond substituents is 1. The second-order valence-corrected chi connectivity index (χ2v) is 5.31. The Kier molecular flexibility index (Phi) is 5.36. The van der Waals surface area contributed by atoms with Crippen molar-refractivity contribution in [2.45, 2.75) is 20.8 Å². The predicted octanol–water partition coefficient (Wildman–Crippen LogP) is 2.93. The highest BCUT2D eigenvalue weighted by atomic mass is 16.5. The van der Waals surface area contributed by atoms with Gasteiger partial charge in [-0.05, 0) is 50.1 Å². The predicted molar refractivity (Wildman–Crippen MR) is 89.9 cm³/mol. The molecule has 0 aromatic heterocycles. The fraction of sp³-hybridized carbons (Fsp3) is 0.222. The van der Waals surface area contributed by atoms with Crippen LogP contribution in [0.4, 0.5) is 0 Å². The van der Waals surface area contributed by atoms with Crippen molar-refractivity contribution >= 4 is 11.6 Å². The standard InChI is InChI=1S/C18H20N2O3/c1-12-8-9-13(2)17(10-12)23-11-18(22)20-19-14(3)15-6-4-5-7-16(15)21/h4-10,21H,11H2,1-3H3,(H,20,22)/b19-14+. The minimum atomic E-state index is -0.360. The highest BCUT2D eigenvalue weighted by Crippen LogP contribution is 2.19. The zero-order valence-electron chi connectivity index (χ0n) is 13.5. The van der Waals surface area contributed by atoms with Gasteiger partial charge >= 0.3 is 0 Å². The van der Waals surface area contributed by atoms with Gasteiger partial charge in [0.2, 0.25) is 0 Å². The van der Waals surface area contributed by atoms with Crippen molar-refractivity contribution < 1.29 is 14.6 Å². The summed E-state index contributed by atoms with van der Waals surface area (Å²) >= 11 is 0. The van der Waals surface area contributed by atoms with E-state index in [1.807, 2.05) is 32.0 Å². The SMILES string of the molecule is C/C(=N\NC(=O)COc1cc(C)ccc1C)c1ccccc1O. The van der Waals surface area contributed by atoms with E-state index in [0.29, 0.717) is 17.0 Å². The van der Waals surface area contributed by atoms with Crippen LogP contribution < -0.4 is 10.2 Å². The molecule has 5 nitrogen and oxygen atoms in total. The van der Waals surface area contributed by atoms with Gasteiger partial charge in [-0.15, -0.1) is 0 Å². The number of aryl methyl sites for hydroxylation is 2. The maximum atomic E-state index is 11.8.